The van der Waals surface area contributed by atoms with E-state index in [0.29, 0.717) is 22.6 Å². The minimum absolute atomic E-state index is 0.168. The number of hydrogen-bond donors (Lipinski definition) is 2. The zero-order valence-corrected chi connectivity index (χ0v) is 14.3. The number of amides is 1. The molecule has 0 fully saturated rings. The maximum atomic E-state index is 12.6. The molecule has 5 nitrogen and oxygen atoms in total. The summed E-state index contributed by atoms with van der Waals surface area (Å²) in [6.45, 7) is 2.32. The van der Waals surface area contributed by atoms with Gasteiger partial charge in [0, 0.05) is 22.8 Å². The lowest BCUT2D eigenvalue weighted by atomic mass is 9.79. The molecule has 1 aromatic carbocycles. The van der Waals surface area contributed by atoms with Crippen molar-refractivity contribution >= 4 is 35.5 Å². The molecule has 2 N–H and O–H groups in total. The van der Waals surface area contributed by atoms with Crippen LogP contribution in [0.2, 0.25) is 0 Å². The Morgan fingerprint density at radius 1 is 1.36 bits per heavy atom. The molecule has 124 valence electrons. The van der Waals surface area contributed by atoms with Crippen LogP contribution in [0.15, 0.2) is 48.0 Å². The summed E-state index contributed by atoms with van der Waals surface area (Å²) in [5, 5.41) is 14.6. The van der Waals surface area contributed by atoms with Crippen molar-refractivity contribution in [2.45, 2.75) is 13.5 Å². The molecule has 2 aromatic heterocycles. The van der Waals surface area contributed by atoms with Gasteiger partial charge in [-0.15, -0.1) is 11.3 Å². The standard InChI is InChI=1S/C18H15BN2O3S/c1-11-14(16-4-2-3-7-20-16)10-25-17(11)18(22)21-13-6-5-12-9-24-19(23)15(12)8-13/h2-8,10,23H,9H2,1H3,(H,21,22). The van der Waals surface area contributed by atoms with Gasteiger partial charge in [0.1, 0.15) is 0 Å². The molecule has 25 heavy (non-hydrogen) atoms. The van der Waals surface area contributed by atoms with Crippen molar-refractivity contribution in [3.63, 3.8) is 0 Å². The van der Waals surface area contributed by atoms with E-state index < -0.39 is 7.12 Å². The smallest absolute Gasteiger partial charge is 0.423 e. The second-order valence-electron chi connectivity index (χ2n) is 5.85. The largest absolute Gasteiger partial charge is 0.491 e. The number of thiophene rings is 1. The third kappa shape index (κ3) is 2.97. The second-order valence-corrected chi connectivity index (χ2v) is 6.73. The fourth-order valence-corrected chi connectivity index (χ4v) is 3.87. The lowest BCUT2D eigenvalue weighted by Gasteiger charge is -2.07. The van der Waals surface area contributed by atoms with Gasteiger partial charge >= 0.3 is 7.12 Å². The number of fused-ring (bicyclic) bond motifs is 1. The van der Waals surface area contributed by atoms with Gasteiger partial charge in [0.15, 0.2) is 0 Å². The van der Waals surface area contributed by atoms with Gasteiger partial charge in [0.25, 0.3) is 5.91 Å². The predicted octanol–water partition coefficient (Wildman–Crippen LogP) is 2.59. The van der Waals surface area contributed by atoms with Crippen LogP contribution in [0.3, 0.4) is 0 Å². The van der Waals surface area contributed by atoms with Crippen molar-refractivity contribution in [3.8, 4) is 11.3 Å². The number of rotatable bonds is 3. The Morgan fingerprint density at radius 3 is 3.04 bits per heavy atom. The highest BCUT2D eigenvalue weighted by molar-refractivity contribution is 7.12. The monoisotopic (exact) mass is 350 g/mol. The van der Waals surface area contributed by atoms with E-state index in [1.54, 1.807) is 12.3 Å². The first-order valence-corrected chi connectivity index (χ1v) is 8.75. The molecular weight excluding hydrogens is 335 g/mol. The molecule has 0 radical (unpaired) electrons. The van der Waals surface area contributed by atoms with Gasteiger partial charge < -0.3 is 15.0 Å². The molecule has 0 saturated carbocycles. The average molecular weight is 350 g/mol. The minimum Gasteiger partial charge on any atom is -0.423 e. The van der Waals surface area contributed by atoms with Crippen LogP contribution in [0.4, 0.5) is 5.69 Å². The summed E-state index contributed by atoms with van der Waals surface area (Å²) in [4.78, 5) is 17.6. The summed E-state index contributed by atoms with van der Waals surface area (Å²) in [5.41, 5.74) is 5.01. The maximum absolute atomic E-state index is 12.6. The number of nitrogens with zero attached hydrogens (tertiary/aromatic N) is 1. The van der Waals surface area contributed by atoms with Gasteiger partial charge in [-0.2, -0.15) is 0 Å². The molecule has 3 heterocycles. The van der Waals surface area contributed by atoms with Crippen LogP contribution in [-0.2, 0) is 11.3 Å². The highest BCUT2D eigenvalue weighted by Crippen LogP contribution is 2.30. The van der Waals surface area contributed by atoms with Gasteiger partial charge in [-0.1, -0.05) is 12.1 Å². The number of anilines is 1. The molecule has 1 aliphatic rings. The SMILES string of the molecule is Cc1c(-c2ccccn2)csc1C(=O)Nc1ccc2c(c1)B(O)OC2. The van der Waals surface area contributed by atoms with E-state index in [9.17, 15) is 9.82 Å². The van der Waals surface area contributed by atoms with Crippen LogP contribution in [-0.4, -0.2) is 23.0 Å². The van der Waals surface area contributed by atoms with Gasteiger partial charge in [-0.05, 0) is 47.8 Å². The highest BCUT2D eigenvalue weighted by Gasteiger charge is 2.27. The van der Waals surface area contributed by atoms with Crippen molar-refractivity contribution in [2.24, 2.45) is 0 Å². The van der Waals surface area contributed by atoms with Crippen LogP contribution < -0.4 is 10.8 Å². The van der Waals surface area contributed by atoms with Crippen LogP contribution in [0.25, 0.3) is 11.3 Å². The van der Waals surface area contributed by atoms with E-state index in [2.05, 4.69) is 10.3 Å². The minimum atomic E-state index is -0.925. The Kier molecular flexibility index (Phi) is 4.13. The molecular formula is C18H15BN2O3S. The van der Waals surface area contributed by atoms with E-state index >= 15 is 0 Å². The molecule has 7 heteroatoms. The van der Waals surface area contributed by atoms with E-state index in [-0.39, 0.29) is 5.91 Å². The van der Waals surface area contributed by atoms with E-state index in [1.165, 1.54) is 11.3 Å². The third-order valence-corrected chi connectivity index (χ3v) is 5.33. The molecule has 0 bridgehead atoms. The molecule has 3 aromatic rings. The Labute approximate surface area is 149 Å². The van der Waals surface area contributed by atoms with Crippen molar-refractivity contribution in [1.82, 2.24) is 4.98 Å². The van der Waals surface area contributed by atoms with Crippen molar-refractivity contribution in [2.75, 3.05) is 5.32 Å². The molecule has 0 spiro atoms. The number of hydrogen-bond acceptors (Lipinski definition) is 5. The Morgan fingerprint density at radius 2 is 2.24 bits per heavy atom. The molecule has 0 atom stereocenters. The Hall–Kier alpha value is -2.48. The topological polar surface area (TPSA) is 71.5 Å². The van der Waals surface area contributed by atoms with Gasteiger partial charge in [-0.3, -0.25) is 9.78 Å². The number of aromatic nitrogens is 1. The fraction of sp³-hybridized carbons (Fsp3) is 0.111. The third-order valence-electron chi connectivity index (χ3n) is 4.25. The summed E-state index contributed by atoms with van der Waals surface area (Å²) in [5.74, 6) is -0.168. The number of benzene rings is 1. The zero-order chi connectivity index (χ0) is 17.4. The van der Waals surface area contributed by atoms with Crippen LogP contribution >= 0.6 is 11.3 Å². The number of carbonyl (C=O) groups is 1. The molecule has 4 rings (SSSR count). The molecule has 0 saturated heterocycles. The van der Waals surface area contributed by atoms with E-state index in [1.807, 2.05) is 42.6 Å². The number of nitrogens with one attached hydrogen (secondary N) is 1. The van der Waals surface area contributed by atoms with Gasteiger partial charge in [0.2, 0.25) is 0 Å². The lowest BCUT2D eigenvalue weighted by Crippen LogP contribution is -2.28. The van der Waals surface area contributed by atoms with Crippen molar-refractivity contribution in [1.29, 1.82) is 0 Å². The molecule has 0 unspecified atom stereocenters. The Bertz CT molecular complexity index is 943. The normalized spacial score (nSPS) is 13.0. The number of carbonyl (C=O) groups excluding carboxylic acids is 1. The summed E-state index contributed by atoms with van der Waals surface area (Å²) in [6.07, 6.45) is 1.74. The predicted molar refractivity (Wildman–Crippen MR) is 99.1 cm³/mol. The van der Waals surface area contributed by atoms with Crippen LogP contribution in [0.5, 0.6) is 0 Å². The molecule has 1 aliphatic heterocycles. The molecule has 0 aliphatic carbocycles. The van der Waals surface area contributed by atoms with Gasteiger partial charge in [0.05, 0.1) is 17.2 Å². The maximum Gasteiger partial charge on any atom is 0.491 e. The zero-order valence-electron chi connectivity index (χ0n) is 13.5. The van der Waals surface area contributed by atoms with E-state index in [4.69, 9.17) is 4.65 Å². The molecule has 1 amide bonds. The first-order chi connectivity index (χ1) is 12.1. The van der Waals surface area contributed by atoms with Gasteiger partial charge in [-0.25, -0.2) is 0 Å². The summed E-state index contributed by atoms with van der Waals surface area (Å²) < 4.78 is 5.18. The first kappa shape index (κ1) is 16.0. The fourth-order valence-electron chi connectivity index (χ4n) is 2.90. The summed E-state index contributed by atoms with van der Waals surface area (Å²) in [7, 11) is -0.925. The van der Waals surface area contributed by atoms with Crippen LogP contribution in [0, 0.1) is 6.92 Å². The first-order valence-electron chi connectivity index (χ1n) is 7.87. The lowest BCUT2D eigenvalue weighted by molar-refractivity contribution is 0.103. The average Bonchev–Trinajstić information content (AvgIpc) is 3.19. The number of pyridine rings is 1. The van der Waals surface area contributed by atoms with E-state index in [0.717, 1.165) is 22.4 Å². The van der Waals surface area contributed by atoms with Crippen molar-refractivity contribution < 1.29 is 14.5 Å². The van der Waals surface area contributed by atoms with Crippen molar-refractivity contribution in [3.05, 3.63) is 64.0 Å². The quantitative estimate of drug-likeness (QED) is 0.713. The Balaban J connectivity index is 1.58. The summed E-state index contributed by atoms with van der Waals surface area (Å²) in [6, 6.07) is 11.2. The van der Waals surface area contributed by atoms with Crippen LogP contribution in [0.1, 0.15) is 20.8 Å². The second kappa shape index (κ2) is 6.44. The summed E-state index contributed by atoms with van der Waals surface area (Å²) >= 11 is 1.40. The highest BCUT2D eigenvalue weighted by atomic mass is 32.1.